The van der Waals surface area contributed by atoms with E-state index in [0.717, 1.165) is 17.0 Å². The van der Waals surface area contributed by atoms with Crippen LogP contribution in [0.3, 0.4) is 0 Å². The number of aliphatic hydroxyl groups excluding tert-OH is 1. The molecule has 2 aromatic rings. The zero-order chi connectivity index (χ0) is 21.4. The zero-order valence-electron chi connectivity index (χ0n) is 17.5. The van der Waals surface area contributed by atoms with Crippen LogP contribution in [-0.2, 0) is 13.0 Å². The Morgan fingerprint density at radius 2 is 2.00 bits per heavy atom. The molecular weight excluding hydrogens is 370 g/mol. The van der Waals surface area contributed by atoms with Crippen LogP contribution in [0.5, 0.6) is 5.75 Å². The molecule has 0 bridgehead atoms. The van der Waals surface area contributed by atoms with Gasteiger partial charge in [0.2, 0.25) is 0 Å². The van der Waals surface area contributed by atoms with Gasteiger partial charge in [0.15, 0.2) is 0 Å². The van der Waals surface area contributed by atoms with Gasteiger partial charge in [0.05, 0.1) is 19.3 Å². The van der Waals surface area contributed by atoms with Gasteiger partial charge in [-0.2, -0.15) is 0 Å². The summed E-state index contributed by atoms with van der Waals surface area (Å²) in [4.78, 5) is 17.6. The Hall–Kier alpha value is -2.64. The summed E-state index contributed by atoms with van der Waals surface area (Å²) >= 11 is 0. The van der Waals surface area contributed by atoms with Crippen molar-refractivity contribution in [3.05, 3.63) is 59.9 Å². The average molecular weight is 402 g/mol. The molecule has 2 atom stereocenters. The number of rotatable bonds is 9. The van der Waals surface area contributed by atoms with E-state index in [-0.39, 0.29) is 6.54 Å². The van der Waals surface area contributed by atoms with Crippen molar-refractivity contribution in [1.82, 2.24) is 15.2 Å². The number of nitrogens with one attached hydrogen (secondary N) is 1. The van der Waals surface area contributed by atoms with Gasteiger partial charge >= 0.3 is 6.09 Å². The summed E-state index contributed by atoms with van der Waals surface area (Å²) in [5.41, 5.74) is 1.09. The number of amides is 1. The summed E-state index contributed by atoms with van der Waals surface area (Å²) in [5, 5.41) is 24.0. The first-order valence-electron chi connectivity index (χ1n) is 9.66. The van der Waals surface area contributed by atoms with Crippen molar-refractivity contribution < 1.29 is 19.7 Å². The minimum absolute atomic E-state index is 0.245. The highest BCUT2D eigenvalue weighted by Crippen LogP contribution is 2.22. The van der Waals surface area contributed by atoms with Crippen LogP contribution < -0.4 is 10.1 Å². The molecule has 0 saturated heterocycles. The number of benzene rings is 1. The lowest BCUT2D eigenvalue weighted by atomic mass is 9.96. The molecule has 1 amide bonds. The standard InChI is InChI=1S/C22H31N3O4/c1-22(2,3)25(21(27)28)19(13-17-9-5-6-11-24-17)20(26)15-23-14-16-8-7-10-18(12-16)29-4/h5-12,19-20,23,26H,13-15H2,1-4H3,(H,27,28)/t19-,20-/m0/s1. The molecule has 1 heterocycles. The third-order valence-electron chi connectivity index (χ3n) is 4.67. The summed E-state index contributed by atoms with van der Waals surface area (Å²) in [7, 11) is 1.62. The predicted molar refractivity (Wildman–Crippen MR) is 112 cm³/mol. The van der Waals surface area contributed by atoms with Crippen molar-refractivity contribution in [2.45, 2.75) is 51.4 Å². The molecule has 0 aliphatic heterocycles. The second-order valence-electron chi connectivity index (χ2n) is 7.97. The normalized spacial score (nSPS) is 13.6. The van der Waals surface area contributed by atoms with E-state index in [2.05, 4.69) is 10.3 Å². The zero-order valence-corrected chi connectivity index (χ0v) is 17.5. The Bertz CT molecular complexity index is 777. The number of pyridine rings is 1. The molecule has 7 heteroatoms. The van der Waals surface area contributed by atoms with Gasteiger partial charge in [-0.3, -0.25) is 9.88 Å². The van der Waals surface area contributed by atoms with Gasteiger partial charge in [0, 0.05) is 36.9 Å². The van der Waals surface area contributed by atoms with Crippen molar-refractivity contribution in [3.63, 3.8) is 0 Å². The first-order chi connectivity index (χ1) is 13.7. The fourth-order valence-electron chi connectivity index (χ4n) is 3.34. The fraction of sp³-hybridized carbons (Fsp3) is 0.455. The summed E-state index contributed by atoms with van der Waals surface area (Å²) < 4.78 is 5.23. The smallest absolute Gasteiger partial charge is 0.408 e. The van der Waals surface area contributed by atoms with Crippen LogP contribution in [-0.4, -0.2) is 57.5 Å². The molecule has 0 aliphatic rings. The second-order valence-corrected chi connectivity index (χ2v) is 7.97. The summed E-state index contributed by atoms with van der Waals surface area (Å²) in [6.07, 6.45) is 0.0252. The van der Waals surface area contributed by atoms with Crippen molar-refractivity contribution >= 4 is 6.09 Å². The number of carbonyl (C=O) groups is 1. The van der Waals surface area contributed by atoms with E-state index in [0.29, 0.717) is 13.0 Å². The number of hydrogen-bond donors (Lipinski definition) is 3. The maximum atomic E-state index is 12.0. The van der Waals surface area contributed by atoms with Crippen LogP contribution in [0.25, 0.3) is 0 Å². The number of ether oxygens (including phenoxy) is 1. The minimum atomic E-state index is -1.06. The molecule has 7 nitrogen and oxygen atoms in total. The molecule has 158 valence electrons. The lowest BCUT2D eigenvalue weighted by Gasteiger charge is -2.41. The number of nitrogens with zero attached hydrogens (tertiary/aromatic N) is 2. The first kappa shape index (κ1) is 22.6. The van der Waals surface area contributed by atoms with Crippen molar-refractivity contribution in [2.75, 3.05) is 13.7 Å². The van der Waals surface area contributed by atoms with Crippen LogP contribution in [0.1, 0.15) is 32.0 Å². The Balaban J connectivity index is 2.12. The van der Waals surface area contributed by atoms with Gasteiger partial charge in [-0.05, 0) is 50.6 Å². The van der Waals surface area contributed by atoms with Crippen LogP contribution >= 0.6 is 0 Å². The van der Waals surface area contributed by atoms with Gasteiger partial charge in [-0.25, -0.2) is 4.79 Å². The fourth-order valence-corrected chi connectivity index (χ4v) is 3.34. The lowest BCUT2D eigenvalue weighted by molar-refractivity contribution is 0.00735. The van der Waals surface area contributed by atoms with Crippen LogP contribution in [0.15, 0.2) is 48.7 Å². The molecule has 0 fully saturated rings. The monoisotopic (exact) mass is 401 g/mol. The summed E-state index contributed by atoms with van der Waals surface area (Å²) in [5.74, 6) is 0.766. The third kappa shape index (κ3) is 6.73. The van der Waals surface area contributed by atoms with Gasteiger partial charge in [0.25, 0.3) is 0 Å². The predicted octanol–water partition coefficient (Wildman–Crippen LogP) is 2.93. The van der Waals surface area contributed by atoms with Gasteiger partial charge in [-0.1, -0.05) is 18.2 Å². The molecular formula is C22H31N3O4. The van der Waals surface area contributed by atoms with Crippen molar-refractivity contribution in [2.24, 2.45) is 0 Å². The molecule has 1 aromatic heterocycles. The van der Waals surface area contributed by atoms with Crippen LogP contribution in [0, 0.1) is 0 Å². The molecule has 0 saturated carbocycles. The van der Waals surface area contributed by atoms with Crippen LogP contribution in [0.2, 0.25) is 0 Å². The van der Waals surface area contributed by atoms with E-state index in [9.17, 15) is 15.0 Å². The third-order valence-corrected chi connectivity index (χ3v) is 4.67. The first-order valence-corrected chi connectivity index (χ1v) is 9.66. The lowest BCUT2D eigenvalue weighted by Crippen LogP contribution is -2.58. The van der Waals surface area contributed by atoms with E-state index in [1.54, 1.807) is 13.3 Å². The van der Waals surface area contributed by atoms with Crippen molar-refractivity contribution in [3.8, 4) is 5.75 Å². The maximum absolute atomic E-state index is 12.0. The van der Waals surface area contributed by atoms with E-state index >= 15 is 0 Å². The summed E-state index contributed by atoms with van der Waals surface area (Å²) in [6, 6.07) is 12.5. The Morgan fingerprint density at radius 3 is 2.59 bits per heavy atom. The Kier molecular flexibility index (Phi) is 7.99. The highest BCUT2D eigenvalue weighted by atomic mass is 16.5. The number of hydrogen-bond acceptors (Lipinski definition) is 5. The topological polar surface area (TPSA) is 94.9 Å². The van der Waals surface area contributed by atoms with Gasteiger partial charge in [-0.15, -0.1) is 0 Å². The van der Waals surface area contributed by atoms with Gasteiger partial charge < -0.3 is 20.3 Å². The molecule has 29 heavy (non-hydrogen) atoms. The molecule has 0 unspecified atom stereocenters. The molecule has 0 radical (unpaired) electrons. The molecule has 2 rings (SSSR count). The van der Waals surface area contributed by atoms with E-state index < -0.39 is 23.8 Å². The minimum Gasteiger partial charge on any atom is -0.497 e. The maximum Gasteiger partial charge on any atom is 0.408 e. The van der Waals surface area contributed by atoms with Crippen LogP contribution in [0.4, 0.5) is 4.79 Å². The molecule has 1 aromatic carbocycles. The number of methoxy groups -OCH3 is 1. The number of carboxylic acid groups (broad SMARTS) is 1. The molecule has 0 spiro atoms. The van der Waals surface area contributed by atoms with E-state index in [1.807, 2.05) is 63.2 Å². The average Bonchev–Trinajstić information content (AvgIpc) is 2.67. The second kappa shape index (κ2) is 10.2. The van der Waals surface area contributed by atoms with E-state index in [4.69, 9.17) is 4.74 Å². The highest BCUT2D eigenvalue weighted by molar-refractivity contribution is 5.66. The Morgan fingerprint density at radius 1 is 1.24 bits per heavy atom. The largest absolute Gasteiger partial charge is 0.497 e. The van der Waals surface area contributed by atoms with Crippen molar-refractivity contribution in [1.29, 1.82) is 0 Å². The SMILES string of the molecule is COc1cccc(CNC[C@H](O)[C@H](Cc2ccccn2)N(C(=O)O)C(C)(C)C)c1. The molecule has 0 aliphatic carbocycles. The quantitative estimate of drug-likeness (QED) is 0.598. The number of aromatic nitrogens is 1. The van der Waals surface area contributed by atoms with E-state index in [1.165, 1.54) is 4.90 Å². The molecule has 3 N–H and O–H groups in total. The number of aliphatic hydroxyl groups is 1. The summed E-state index contributed by atoms with van der Waals surface area (Å²) in [6.45, 7) is 6.25. The Labute approximate surface area is 172 Å². The van der Waals surface area contributed by atoms with Gasteiger partial charge in [0.1, 0.15) is 5.75 Å². The highest BCUT2D eigenvalue weighted by Gasteiger charge is 2.37.